The number of ether oxygens (including phenoxy) is 1. The lowest BCUT2D eigenvalue weighted by Gasteiger charge is -2.39. The molecule has 9 nitrogen and oxygen atoms in total. The molecule has 0 heterocycles. The van der Waals surface area contributed by atoms with Gasteiger partial charge in [0.2, 0.25) is 5.91 Å². The summed E-state index contributed by atoms with van der Waals surface area (Å²) in [5, 5.41) is 16.9. The van der Waals surface area contributed by atoms with Crippen LogP contribution in [0.3, 0.4) is 0 Å². The number of esters is 1. The third-order valence-electron chi connectivity index (χ3n) is 5.95. The van der Waals surface area contributed by atoms with Gasteiger partial charge in [0.25, 0.3) is 0 Å². The van der Waals surface area contributed by atoms with E-state index in [0.717, 1.165) is 44.9 Å². The lowest BCUT2D eigenvalue weighted by molar-refractivity contribution is -0.915. The molecule has 1 atom stereocenters. The SMILES string of the molecule is C=C(C)C(=O)OCCCNC=C(C)C(=O)NCCC[N+](C)(C)C(CCCCCC=O)CCC(=O)[O-]. The van der Waals surface area contributed by atoms with Crippen molar-refractivity contribution in [2.75, 3.05) is 40.3 Å². The predicted octanol–water partition coefficient (Wildman–Crippen LogP) is 1.62. The molecule has 200 valence electrons. The minimum absolute atomic E-state index is 0.0325. The maximum Gasteiger partial charge on any atom is 0.333 e. The molecule has 0 aromatic rings. The second kappa shape index (κ2) is 18.6. The molecule has 0 aliphatic rings. The van der Waals surface area contributed by atoms with Gasteiger partial charge in [-0.1, -0.05) is 13.0 Å². The quantitative estimate of drug-likeness (QED) is 0.0815. The molecule has 0 saturated carbocycles. The van der Waals surface area contributed by atoms with Crippen LogP contribution in [-0.2, 0) is 23.9 Å². The third kappa shape index (κ3) is 16.6. The van der Waals surface area contributed by atoms with Gasteiger partial charge in [0.15, 0.2) is 0 Å². The number of nitrogens with zero attached hydrogens (tertiary/aromatic N) is 1. The largest absolute Gasteiger partial charge is 0.550 e. The van der Waals surface area contributed by atoms with E-state index in [1.54, 1.807) is 20.0 Å². The number of aliphatic carboxylic acids is 1. The fourth-order valence-corrected chi connectivity index (χ4v) is 3.68. The number of rotatable bonds is 21. The molecule has 0 aliphatic heterocycles. The van der Waals surface area contributed by atoms with Crippen LogP contribution in [0.4, 0.5) is 0 Å². The number of unbranched alkanes of at least 4 members (excludes halogenated alkanes) is 3. The van der Waals surface area contributed by atoms with Crippen LogP contribution < -0.4 is 15.7 Å². The van der Waals surface area contributed by atoms with Gasteiger partial charge in [-0.05, 0) is 46.0 Å². The summed E-state index contributed by atoms with van der Waals surface area (Å²) in [6.45, 7) is 9.03. The van der Waals surface area contributed by atoms with Gasteiger partial charge >= 0.3 is 5.97 Å². The number of nitrogens with one attached hydrogen (secondary N) is 2. The number of carboxylic acids is 1. The number of hydrogen-bond acceptors (Lipinski definition) is 7. The second-order valence-corrected chi connectivity index (χ2v) is 9.53. The zero-order valence-corrected chi connectivity index (χ0v) is 22.0. The Morgan fingerprint density at radius 3 is 2.37 bits per heavy atom. The minimum Gasteiger partial charge on any atom is -0.550 e. The summed E-state index contributed by atoms with van der Waals surface area (Å²) >= 11 is 0. The van der Waals surface area contributed by atoms with Crippen molar-refractivity contribution in [3.8, 4) is 0 Å². The van der Waals surface area contributed by atoms with E-state index in [9.17, 15) is 24.3 Å². The number of hydrogen-bond donors (Lipinski definition) is 2. The van der Waals surface area contributed by atoms with E-state index in [-0.39, 0.29) is 25.0 Å². The van der Waals surface area contributed by atoms with Gasteiger partial charge in [0.1, 0.15) is 6.29 Å². The fraction of sp³-hybridized carbons (Fsp3) is 0.692. The number of amides is 1. The first-order chi connectivity index (χ1) is 16.5. The molecule has 1 unspecified atom stereocenters. The van der Waals surface area contributed by atoms with Crippen LogP contribution in [0.15, 0.2) is 23.9 Å². The van der Waals surface area contributed by atoms with E-state index in [2.05, 4.69) is 31.3 Å². The summed E-state index contributed by atoms with van der Waals surface area (Å²) in [5.41, 5.74) is 0.923. The van der Waals surface area contributed by atoms with E-state index in [0.29, 0.717) is 48.0 Å². The van der Waals surface area contributed by atoms with E-state index in [1.807, 2.05) is 0 Å². The van der Waals surface area contributed by atoms with Crippen molar-refractivity contribution in [1.82, 2.24) is 10.6 Å². The van der Waals surface area contributed by atoms with Gasteiger partial charge in [0, 0.05) is 55.7 Å². The highest BCUT2D eigenvalue weighted by atomic mass is 16.5. The zero-order chi connectivity index (χ0) is 26.7. The highest BCUT2D eigenvalue weighted by Crippen LogP contribution is 2.20. The van der Waals surface area contributed by atoms with Gasteiger partial charge in [-0.2, -0.15) is 0 Å². The highest BCUT2D eigenvalue weighted by Gasteiger charge is 2.27. The molecule has 0 bridgehead atoms. The molecule has 1 amide bonds. The molecule has 35 heavy (non-hydrogen) atoms. The van der Waals surface area contributed by atoms with Gasteiger partial charge in [0.05, 0.1) is 33.3 Å². The molecular weight excluding hydrogens is 450 g/mol. The number of aldehydes is 1. The normalized spacial score (nSPS) is 12.5. The summed E-state index contributed by atoms with van der Waals surface area (Å²) < 4.78 is 5.68. The maximum atomic E-state index is 12.3. The van der Waals surface area contributed by atoms with Crippen molar-refractivity contribution in [3.05, 3.63) is 23.9 Å². The van der Waals surface area contributed by atoms with E-state index in [1.165, 1.54) is 0 Å². The third-order valence-corrected chi connectivity index (χ3v) is 5.95. The van der Waals surface area contributed by atoms with Crippen molar-refractivity contribution in [1.29, 1.82) is 0 Å². The molecule has 9 heteroatoms. The van der Waals surface area contributed by atoms with Crippen molar-refractivity contribution in [2.24, 2.45) is 0 Å². The van der Waals surface area contributed by atoms with Crippen LogP contribution in [0.25, 0.3) is 0 Å². The van der Waals surface area contributed by atoms with Crippen LogP contribution >= 0.6 is 0 Å². The molecular formula is C26H45N3O6. The Balaban J connectivity index is 4.37. The summed E-state index contributed by atoms with van der Waals surface area (Å²) in [5.74, 6) is -1.59. The van der Waals surface area contributed by atoms with Crippen LogP contribution in [0.2, 0.25) is 0 Å². The van der Waals surface area contributed by atoms with Crippen LogP contribution in [0, 0.1) is 0 Å². The zero-order valence-electron chi connectivity index (χ0n) is 22.0. The Kier molecular flexibility index (Phi) is 17.2. The van der Waals surface area contributed by atoms with Crippen LogP contribution in [0.5, 0.6) is 0 Å². The van der Waals surface area contributed by atoms with E-state index >= 15 is 0 Å². The summed E-state index contributed by atoms with van der Waals surface area (Å²) in [4.78, 5) is 45.0. The topological polar surface area (TPSA) is 125 Å². The highest BCUT2D eigenvalue weighted by molar-refractivity contribution is 5.92. The first kappa shape index (κ1) is 32.3. The molecule has 0 saturated heterocycles. The summed E-state index contributed by atoms with van der Waals surface area (Å²) in [6, 6.07) is 0.181. The average Bonchev–Trinajstić information content (AvgIpc) is 2.79. The first-order valence-electron chi connectivity index (χ1n) is 12.5. The molecule has 0 aromatic carbocycles. The number of carboxylic acid groups (broad SMARTS) is 1. The van der Waals surface area contributed by atoms with Crippen molar-refractivity contribution >= 4 is 24.1 Å². The Labute approximate surface area is 210 Å². The Morgan fingerprint density at radius 1 is 1.03 bits per heavy atom. The number of carbonyl (C=O) groups is 4. The fourth-order valence-electron chi connectivity index (χ4n) is 3.68. The van der Waals surface area contributed by atoms with Crippen molar-refractivity contribution < 1.29 is 33.5 Å². The van der Waals surface area contributed by atoms with Crippen LogP contribution in [0.1, 0.15) is 71.6 Å². The molecule has 2 N–H and O–H groups in total. The Morgan fingerprint density at radius 2 is 1.74 bits per heavy atom. The molecule has 0 fully saturated rings. The van der Waals surface area contributed by atoms with Crippen LogP contribution in [-0.4, -0.2) is 75.0 Å². The Bertz CT molecular complexity index is 718. The van der Waals surface area contributed by atoms with Gasteiger partial charge < -0.3 is 34.5 Å². The van der Waals surface area contributed by atoms with E-state index in [4.69, 9.17) is 4.74 Å². The molecule has 0 radical (unpaired) electrons. The molecule has 0 rings (SSSR count). The summed E-state index contributed by atoms with van der Waals surface area (Å²) in [6.07, 6.45) is 8.78. The predicted molar refractivity (Wildman–Crippen MR) is 134 cm³/mol. The van der Waals surface area contributed by atoms with Crippen molar-refractivity contribution in [2.45, 2.75) is 77.7 Å². The molecule has 0 aromatic heterocycles. The van der Waals surface area contributed by atoms with Gasteiger partial charge in [-0.3, -0.25) is 4.79 Å². The Hall–Kier alpha value is -2.68. The van der Waals surface area contributed by atoms with Gasteiger partial charge in [-0.15, -0.1) is 0 Å². The standard InChI is InChI=1S/C26H45N3O6/c1-21(2)26(34)35-19-11-15-27-20-22(3)25(33)28-16-10-17-29(4,5)23(13-14-24(31)32)12-8-6-7-9-18-30/h18,20,23H,1,6-17,19H2,2-5H3,(H2-,27,28,31,32,33). The van der Waals surface area contributed by atoms with Crippen molar-refractivity contribution in [3.63, 3.8) is 0 Å². The van der Waals surface area contributed by atoms with Gasteiger partial charge in [-0.25, -0.2) is 4.79 Å². The number of carbonyl (C=O) groups excluding carboxylic acids is 4. The number of quaternary nitrogens is 1. The first-order valence-corrected chi connectivity index (χ1v) is 12.5. The smallest absolute Gasteiger partial charge is 0.333 e. The van der Waals surface area contributed by atoms with E-state index < -0.39 is 11.9 Å². The monoisotopic (exact) mass is 495 g/mol. The lowest BCUT2D eigenvalue weighted by Crippen LogP contribution is -2.50. The second-order valence-electron chi connectivity index (χ2n) is 9.53. The average molecular weight is 496 g/mol. The lowest BCUT2D eigenvalue weighted by atomic mass is 9.99. The molecule has 0 aliphatic carbocycles. The minimum atomic E-state index is -1.04. The maximum absolute atomic E-state index is 12.3. The summed E-state index contributed by atoms with van der Waals surface area (Å²) in [7, 11) is 4.19. The molecule has 0 spiro atoms.